The molecule has 0 radical (unpaired) electrons. The summed E-state index contributed by atoms with van der Waals surface area (Å²) in [5.74, 6) is 0.601. The van der Waals surface area contributed by atoms with Gasteiger partial charge < -0.3 is 15.4 Å². The Morgan fingerprint density at radius 1 is 1.38 bits per heavy atom. The van der Waals surface area contributed by atoms with Gasteiger partial charge in [0, 0.05) is 18.8 Å². The zero-order chi connectivity index (χ0) is 14.7. The maximum atomic E-state index is 11.4. The Morgan fingerprint density at radius 3 is 3.10 bits per heavy atom. The first-order valence-electron chi connectivity index (χ1n) is 6.92. The first kappa shape index (κ1) is 13.6. The van der Waals surface area contributed by atoms with E-state index in [2.05, 4.69) is 22.5 Å². The maximum absolute atomic E-state index is 11.4. The van der Waals surface area contributed by atoms with Crippen molar-refractivity contribution in [1.29, 1.82) is 0 Å². The minimum Gasteiger partial charge on any atom is -0.482 e. The van der Waals surface area contributed by atoms with E-state index < -0.39 is 0 Å². The summed E-state index contributed by atoms with van der Waals surface area (Å²) in [7, 11) is 0. The summed E-state index contributed by atoms with van der Waals surface area (Å²) < 4.78 is 5.36. The molecule has 1 amide bonds. The third kappa shape index (κ3) is 3.20. The molecule has 3 rings (SSSR count). The second kappa shape index (κ2) is 5.93. The molecule has 1 aliphatic rings. The van der Waals surface area contributed by atoms with Crippen molar-refractivity contribution in [1.82, 2.24) is 10.3 Å². The molecule has 0 fully saturated rings. The summed E-state index contributed by atoms with van der Waals surface area (Å²) >= 11 is 0. The van der Waals surface area contributed by atoms with Crippen molar-refractivity contribution in [2.75, 3.05) is 11.9 Å². The third-order valence-electron chi connectivity index (χ3n) is 3.45. The van der Waals surface area contributed by atoms with E-state index in [9.17, 15) is 4.79 Å². The van der Waals surface area contributed by atoms with Gasteiger partial charge in [-0.1, -0.05) is 12.1 Å². The van der Waals surface area contributed by atoms with Gasteiger partial charge in [0.25, 0.3) is 5.91 Å². The van der Waals surface area contributed by atoms with Crippen molar-refractivity contribution in [2.24, 2.45) is 0 Å². The second-order valence-electron chi connectivity index (χ2n) is 5.02. The Bertz CT molecular complexity index is 643. The summed E-state index contributed by atoms with van der Waals surface area (Å²) in [6, 6.07) is 11.9. The number of nitrogens with zero attached hydrogens (tertiary/aromatic N) is 1. The molecule has 0 saturated heterocycles. The minimum atomic E-state index is -0.117. The van der Waals surface area contributed by atoms with Crippen molar-refractivity contribution in [2.45, 2.75) is 19.5 Å². The Balaban J connectivity index is 1.69. The maximum Gasteiger partial charge on any atom is 0.262 e. The van der Waals surface area contributed by atoms with E-state index in [0.717, 1.165) is 22.7 Å². The molecule has 2 heterocycles. The van der Waals surface area contributed by atoms with Crippen LogP contribution in [-0.4, -0.2) is 17.5 Å². The lowest BCUT2D eigenvalue weighted by atomic mass is 10.1. The van der Waals surface area contributed by atoms with E-state index in [-0.39, 0.29) is 18.6 Å². The van der Waals surface area contributed by atoms with Gasteiger partial charge in [-0.3, -0.25) is 9.78 Å². The van der Waals surface area contributed by atoms with Crippen molar-refractivity contribution < 1.29 is 9.53 Å². The molecule has 0 spiro atoms. The van der Waals surface area contributed by atoms with Crippen LogP contribution in [0, 0.1) is 0 Å². The smallest absolute Gasteiger partial charge is 0.262 e. The molecule has 1 aromatic carbocycles. The van der Waals surface area contributed by atoms with Gasteiger partial charge in [-0.15, -0.1) is 0 Å². The normalized spacial score (nSPS) is 14.8. The molecule has 1 aromatic heterocycles. The van der Waals surface area contributed by atoms with Crippen LogP contribution in [0.3, 0.4) is 0 Å². The third-order valence-corrected chi connectivity index (χ3v) is 3.45. The number of benzene rings is 1. The van der Waals surface area contributed by atoms with Crippen LogP contribution in [0.4, 0.5) is 5.69 Å². The molecule has 0 aliphatic carbocycles. The van der Waals surface area contributed by atoms with Crippen molar-refractivity contribution >= 4 is 11.6 Å². The molecule has 2 N–H and O–H groups in total. The number of aromatic nitrogens is 1. The van der Waals surface area contributed by atoms with Crippen LogP contribution in [0.25, 0.3) is 0 Å². The Kier molecular flexibility index (Phi) is 3.83. The number of amides is 1. The monoisotopic (exact) mass is 283 g/mol. The molecule has 108 valence electrons. The minimum absolute atomic E-state index is 0.0832. The fourth-order valence-electron chi connectivity index (χ4n) is 2.25. The topological polar surface area (TPSA) is 63.2 Å². The van der Waals surface area contributed by atoms with Gasteiger partial charge in [0.1, 0.15) is 5.75 Å². The van der Waals surface area contributed by atoms with Gasteiger partial charge in [0.2, 0.25) is 0 Å². The van der Waals surface area contributed by atoms with E-state index in [0.29, 0.717) is 6.54 Å². The van der Waals surface area contributed by atoms with Crippen molar-refractivity contribution in [3.8, 4) is 5.75 Å². The molecule has 0 bridgehead atoms. The average Bonchev–Trinajstić information content (AvgIpc) is 2.53. The first-order valence-corrected chi connectivity index (χ1v) is 6.92. The van der Waals surface area contributed by atoms with Crippen LogP contribution in [0.1, 0.15) is 24.2 Å². The lowest BCUT2D eigenvalue weighted by molar-refractivity contribution is -0.118. The number of hydrogen-bond acceptors (Lipinski definition) is 4. The quantitative estimate of drug-likeness (QED) is 0.903. The van der Waals surface area contributed by atoms with Gasteiger partial charge >= 0.3 is 0 Å². The molecule has 5 heteroatoms. The van der Waals surface area contributed by atoms with Crippen molar-refractivity contribution in [3.05, 3.63) is 53.9 Å². The second-order valence-corrected chi connectivity index (χ2v) is 5.02. The predicted molar refractivity (Wildman–Crippen MR) is 80.1 cm³/mol. The molecular weight excluding hydrogens is 266 g/mol. The highest BCUT2D eigenvalue weighted by atomic mass is 16.5. The zero-order valence-corrected chi connectivity index (χ0v) is 11.8. The fraction of sp³-hybridized carbons (Fsp3) is 0.250. The largest absolute Gasteiger partial charge is 0.482 e. The molecule has 1 aliphatic heterocycles. The number of nitrogens with one attached hydrogen (secondary N) is 2. The number of carbonyl (C=O) groups is 1. The number of hydrogen-bond donors (Lipinski definition) is 2. The molecule has 5 nitrogen and oxygen atoms in total. The van der Waals surface area contributed by atoms with Crippen LogP contribution in [-0.2, 0) is 11.3 Å². The molecule has 0 saturated carbocycles. The molecule has 0 unspecified atom stereocenters. The SMILES string of the molecule is C[C@H](NCc1ccccn1)c1ccc2c(c1)NC(=O)CO2. The molecule has 1 atom stereocenters. The summed E-state index contributed by atoms with van der Waals surface area (Å²) in [6.07, 6.45) is 1.79. The summed E-state index contributed by atoms with van der Waals surface area (Å²) in [4.78, 5) is 15.6. The van der Waals surface area contributed by atoms with E-state index in [1.54, 1.807) is 6.20 Å². The summed E-state index contributed by atoms with van der Waals surface area (Å²) in [6.45, 7) is 2.86. The van der Waals surface area contributed by atoms with Crippen LogP contribution in [0.2, 0.25) is 0 Å². The number of rotatable bonds is 4. The highest BCUT2D eigenvalue weighted by Crippen LogP contribution is 2.30. The lowest BCUT2D eigenvalue weighted by Crippen LogP contribution is -2.26. The van der Waals surface area contributed by atoms with Crippen LogP contribution >= 0.6 is 0 Å². The van der Waals surface area contributed by atoms with Gasteiger partial charge in [-0.2, -0.15) is 0 Å². The van der Waals surface area contributed by atoms with E-state index in [1.807, 2.05) is 36.4 Å². The van der Waals surface area contributed by atoms with Crippen LogP contribution in [0.5, 0.6) is 5.75 Å². The van der Waals surface area contributed by atoms with E-state index >= 15 is 0 Å². The Morgan fingerprint density at radius 2 is 2.29 bits per heavy atom. The average molecular weight is 283 g/mol. The lowest BCUT2D eigenvalue weighted by Gasteiger charge is -2.21. The Labute approximate surface area is 123 Å². The number of ether oxygens (including phenoxy) is 1. The van der Waals surface area contributed by atoms with Gasteiger partial charge in [-0.05, 0) is 36.8 Å². The summed E-state index contributed by atoms with van der Waals surface area (Å²) in [5.41, 5.74) is 2.82. The van der Waals surface area contributed by atoms with Gasteiger partial charge in [0.15, 0.2) is 6.61 Å². The van der Waals surface area contributed by atoms with E-state index in [4.69, 9.17) is 4.74 Å². The number of pyridine rings is 1. The first-order chi connectivity index (χ1) is 10.2. The molecular formula is C16H17N3O2. The number of fused-ring (bicyclic) bond motifs is 1. The van der Waals surface area contributed by atoms with Crippen LogP contribution < -0.4 is 15.4 Å². The highest BCUT2D eigenvalue weighted by molar-refractivity contribution is 5.95. The Hall–Kier alpha value is -2.40. The highest BCUT2D eigenvalue weighted by Gasteiger charge is 2.17. The number of carbonyl (C=O) groups excluding carboxylic acids is 1. The molecule has 21 heavy (non-hydrogen) atoms. The standard InChI is InChI=1S/C16H17N3O2/c1-11(18-9-13-4-2-3-7-17-13)12-5-6-15-14(8-12)19-16(20)10-21-15/h2-8,11,18H,9-10H2,1H3,(H,19,20)/t11-/m0/s1. The zero-order valence-electron chi connectivity index (χ0n) is 11.8. The predicted octanol–water partition coefficient (Wildman–Crippen LogP) is 2.26. The van der Waals surface area contributed by atoms with Gasteiger partial charge in [0.05, 0.1) is 11.4 Å². The van der Waals surface area contributed by atoms with E-state index in [1.165, 1.54) is 0 Å². The van der Waals surface area contributed by atoms with Crippen molar-refractivity contribution in [3.63, 3.8) is 0 Å². The van der Waals surface area contributed by atoms with Crippen LogP contribution in [0.15, 0.2) is 42.6 Å². The van der Waals surface area contributed by atoms with Gasteiger partial charge in [-0.25, -0.2) is 0 Å². The fourth-order valence-corrected chi connectivity index (χ4v) is 2.25. The molecule has 2 aromatic rings. The summed E-state index contributed by atoms with van der Waals surface area (Å²) in [5, 5.41) is 6.24. The number of anilines is 1.